The fraction of sp³-hybridized carbons (Fsp3) is 0.438. The number of H-pyrrole nitrogens is 1. The number of aromatic amines is 1. The highest BCUT2D eigenvalue weighted by atomic mass is 16.1. The number of nitrogens with one attached hydrogen (secondary N) is 2. The fourth-order valence-electron chi connectivity index (χ4n) is 2.97. The molecule has 4 nitrogen and oxygen atoms in total. The standard InChI is InChI=1S/C16H21N3O/c1-11-10-12(7-9-19(11)2)18-16(20)14-4-3-5-15-13(14)6-8-17-15/h3-6,8,11-12,17H,7,9-10H2,1-2H3,(H,18,20). The van der Waals surface area contributed by atoms with Gasteiger partial charge in [0.15, 0.2) is 0 Å². The Morgan fingerprint density at radius 2 is 2.25 bits per heavy atom. The summed E-state index contributed by atoms with van der Waals surface area (Å²) >= 11 is 0. The molecule has 1 fully saturated rings. The first-order chi connectivity index (χ1) is 9.65. The zero-order valence-corrected chi connectivity index (χ0v) is 12.0. The lowest BCUT2D eigenvalue weighted by Gasteiger charge is -2.35. The summed E-state index contributed by atoms with van der Waals surface area (Å²) in [6, 6.07) is 8.57. The summed E-state index contributed by atoms with van der Waals surface area (Å²) in [4.78, 5) is 18.0. The van der Waals surface area contributed by atoms with Crippen LogP contribution in [-0.2, 0) is 0 Å². The van der Waals surface area contributed by atoms with E-state index in [9.17, 15) is 4.79 Å². The molecule has 1 aromatic heterocycles. The number of hydrogen-bond donors (Lipinski definition) is 2. The van der Waals surface area contributed by atoms with E-state index in [0.717, 1.165) is 35.9 Å². The lowest BCUT2D eigenvalue weighted by atomic mass is 9.98. The minimum absolute atomic E-state index is 0.0388. The number of amides is 1. The largest absolute Gasteiger partial charge is 0.361 e. The summed E-state index contributed by atoms with van der Waals surface area (Å²) in [6.45, 7) is 3.26. The van der Waals surface area contributed by atoms with E-state index in [-0.39, 0.29) is 11.9 Å². The molecule has 20 heavy (non-hydrogen) atoms. The zero-order valence-electron chi connectivity index (χ0n) is 12.0. The Hall–Kier alpha value is -1.81. The molecule has 2 aromatic rings. The van der Waals surface area contributed by atoms with E-state index < -0.39 is 0 Å². The van der Waals surface area contributed by atoms with Gasteiger partial charge < -0.3 is 15.2 Å². The average Bonchev–Trinajstić information content (AvgIpc) is 2.91. The van der Waals surface area contributed by atoms with Crippen molar-refractivity contribution in [3.05, 3.63) is 36.0 Å². The van der Waals surface area contributed by atoms with E-state index in [1.165, 1.54) is 0 Å². The fourth-order valence-corrected chi connectivity index (χ4v) is 2.97. The number of nitrogens with zero attached hydrogens (tertiary/aromatic N) is 1. The molecule has 2 N–H and O–H groups in total. The summed E-state index contributed by atoms with van der Waals surface area (Å²) in [7, 11) is 2.14. The summed E-state index contributed by atoms with van der Waals surface area (Å²) in [6.07, 6.45) is 3.92. The molecule has 1 saturated heterocycles. The SMILES string of the molecule is CC1CC(NC(=O)c2cccc3[nH]ccc23)CCN1C. The Morgan fingerprint density at radius 3 is 3.05 bits per heavy atom. The predicted molar refractivity (Wildman–Crippen MR) is 80.9 cm³/mol. The minimum atomic E-state index is 0.0388. The normalized spacial score (nSPS) is 23.9. The first-order valence-corrected chi connectivity index (χ1v) is 7.22. The summed E-state index contributed by atoms with van der Waals surface area (Å²) in [5, 5.41) is 4.18. The minimum Gasteiger partial charge on any atom is -0.361 e. The molecule has 2 heterocycles. The number of benzene rings is 1. The van der Waals surface area contributed by atoms with Crippen LogP contribution in [0.4, 0.5) is 0 Å². The maximum absolute atomic E-state index is 12.5. The van der Waals surface area contributed by atoms with Crippen molar-refractivity contribution in [2.45, 2.75) is 31.8 Å². The van der Waals surface area contributed by atoms with E-state index in [0.29, 0.717) is 6.04 Å². The van der Waals surface area contributed by atoms with Crippen molar-refractivity contribution in [3.8, 4) is 0 Å². The molecule has 0 saturated carbocycles. The summed E-state index contributed by atoms with van der Waals surface area (Å²) in [5.41, 5.74) is 1.77. The van der Waals surface area contributed by atoms with Gasteiger partial charge in [0.25, 0.3) is 5.91 Å². The van der Waals surface area contributed by atoms with Crippen LogP contribution >= 0.6 is 0 Å². The monoisotopic (exact) mass is 271 g/mol. The molecular formula is C16H21N3O. The van der Waals surface area contributed by atoms with E-state index >= 15 is 0 Å². The van der Waals surface area contributed by atoms with Crippen molar-refractivity contribution in [2.75, 3.05) is 13.6 Å². The summed E-state index contributed by atoms with van der Waals surface area (Å²) in [5.74, 6) is 0.0388. The van der Waals surface area contributed by atoms with Crippen LogP contribution in [0, 0.1) is 0 Å². The molecule has 1 aromatic carbocycles. The molecule has 0 bridgehead atoms. The van der Waals surface area contributed by atoms with Crippen LogP contribution in [0.2, 0.25) is 0 Å². The molecule has 1 aliphatic rings. The second kappa shape index (κ2) is 5.29. The van der Waals surface area contributed by atoms with Crippen molar-refractivity contribution in [1.82, 2.24) is 15.2 Å². The molecule has 0 aliphatic carbocycles. The molecular weight excluding hydrogens is 250 g/mol. The van der Waals surface area contributed by atoms with Gasteiger partial charge in [-0.25, -0.2) is 0 Å². The van der Waals surface area contributed by atoms with Crippen LogP contribution in [0.25, 0.3) is 10.9 Å². The third kappa shape index (κ3) is 2.43. The maximum Gasteiger partial charge on any atom is 0.252 e. The van der Waals surface area contributed by atoms with Gasteiger partial charge in [0.2, 0.25) is 0 Å². The molecule has 0 radical (unpaired) electrons. The van der Waals surface area contributed by atoms with Crippen molar-refractivity contribution >= 4 is 16.8 Å². The zero-order chi connectivity index (χ0) is 14.1. The highest BCUT2D eigenvalue weighted by molar-refractivity contribution is 6.06. The molecule has 106 valence electrons. The van der Waals surface area contributed by atoms with Gasteiger partial charge in [0.1, 0.15) is 0 Å². The lowest BCUT2D eigenvalue weighted by molar-refractivity contribution is 0.0898. The number of carbonyl (C=O) groups is 1. The smallest absolute Gasteiger partial charge is 0.252 e. The van der Waals surface area contributed by atoms with E-state index in [1.54, 1.807) is 0 Å². The average molecular weight is 271 g/mol. The molecule has 3 rings (SSSR count). The van der Waals surface area contributed by atoms with Crippen molar-refractivity contribution in [2.24, 2.45) is 0 Å². The molecule has 1 amide bonds. The van der Waals surface area contributed by atoms with Crippen molar-refractivity contribution in [3.63, 3.8) is 0 Å². The first kappa shape index (κ1) is 13.2. The van der Waals surface area contributed by atoms with Gasteiger partial charge in [-0.2, -0.15) is 0 Å². The first-order valence-electron chi connectivity index (χ1n) is 7.22. The Bertz CT molecular complexity index is 619. The Balaban J connectivity index is 1.75. The predicted octanol–water partition coefficient (Wildman–Crippen LogP) is 2.38. The molecule has 0 spiro atoms. The number of likely N-dealkylation sites (tertiary alicyclic amines) is 1. The van der Waals surface area contributed by atoms with Gasteiger partial charge >= 0.3 is 0 Å². The van der Waals surface area contributed by atoms with Gasteiger partial charge in [0, 0.05) is 41.3 Å². The third-order valence-corrected chi connectivity index (χ3v) is 4.38. The number of carbonyl (C=O) groups excluding carboxylic acids is 1. The molecule has 1 aliphatic heterocycles. The van der Waals surface area contributed by atoms with Crippen LogP contribution in [-0.4, -0.2) is 41.5 Å². The van der Waals surface area contributed by atoms with Crippen LogP contribution in [0.3, 0.4) is 0 Å². The third-order valence-electron chi connectivity index (χ3n) is 4.38. The van der Waals surface area contributed by atoms with Crippen LogP contribution in [0.1, 0.15) is 30.1 Å². The van der Waals surface area contributed by atoms with E-state index in [1.807, 2.05) is 30.5 Å². The van der Waals surface area contributed by atoms with Gasteiger partial charge in [-0.05, 0) is 45.0 Å². The molecule has 2 atom stereocenters. The van der Waals surface area contributed by atoms with Crippen LogP contribution in [0.15, 0.2) is 30.5 Å². The highest BCUT2D eigenvalue weighted by Gasteiger charge is 2.24. The Kier molecular flexibility index (Phi) is 3.49. The topological polar surface area (TPSA) is 48.1 Å². The quantitative estimate of drug-likeness (QED) is 0.881. The van der Waals surface area contributed by atoms with Gasteiger partial charge in [-0.15, -0.1) is 0 Å². The van der Waals surface area contributed by atoms with Gasteiger partial charge in [-0.3, -0.25) is 4.79 Å². The molecule has 2 unspecified atom stereocenters. The van der Waals surface area contributed by atoms with Crippen LogP contribution in [0.5, 0.6) is 0 Å². The lowest BCUT2D eigenvalue weighted by Crippen LogP contribution is -2.47. The number of piperidine rings is 1. The maximum atomic E-state index is 12.5. The van der Waals surface area contributed by atoms with Gasteiger partial charge in [0.05, 0.1) is 0 Å². The van der Waals surface area contributed by atoms with Crippen LogP contribution < -0.4 is 5.32 Å². The Morgan fingerprint density at radius 1 is 1.40 bits per heavy atom. The molecule has 4 heteroatoms. The number of hydrogen-bond acceptors (Lipinski definition) is 2. The number of rotatable bonds is 2. The van der Waals surface area contributed by atoms with Crippen molar-refractivity contribution in [1.29, 1.82) is 0 Å². The number of aromatic nitrogens is 1. The number of fused-ring (bicyclic) bond motifs is 1. The highest BCUT2D eigenvalue weighted by Crippen LogP contribution is 2.19. The summed E-state index contributed by atoms with van der Waals surface area (Å²) < 4.78 is 0. The Labute approximate surface area is 119 Å². The van der Waals surface area contributed by atoms with Crippen molar-refractivity contribution < 1.29 is 4.79 Å². The van der Waals surface area contributed by atoms with E-state index in [4.69, 9.17) is 0 Å². The van der Waals surface area contributed by atoms with E-state index in [2.05, 4.69) is 29.2 Å². The second-order valence-electron chi connectivity index (χ2n) is 5.77. The second-order valence-corrected chi connectivity index (χ2v) is 5.77. The van der Waals surface area contributed by atoms with Gasteiger partial charge in [-0.1, -0.05) is 6.07 Å².